The molecule has 0 bridgehead atoms. The molecule has 2 aromatic carbocycles. The van der Waals surface area contributed by atoms with E-state index in [-0.39, 0.29) is 0 Å². The number of aryl methyl sites for hydroxylation is 1. The summed E-state index contributed by atoms with van der Waals surface area (Å²) < 4.78 is 0. The third kappa shape index (κ3) is 3.31. The van der Waals surface area contributed by atoms with Gasteiger partial charge in [0.2, 0.25) is 0 Å². The summed E-state index contributed by atoms with van der Waals surface area (Å²) in [6.07, 6.45) is 2.09. The second kappa shape index (κ2) is 6.55. The molecule has 1 aromatic heterocycles. The topological polar surface area (TPSA) is 37.8 Å². The second-order valence-corrected chi connectivity index (χ2v) is 5.26. The molecule has 0 aliphatic rings. The Morgan fingerprint density at radius 3 is 2.38 bits per heavy atom. The van der Waals surface area contributed by atoms with Crippen LogP contribution in [-0.4, -0.2) is 16.7 Å². The number of hydrogen-bond acceptors (Lipinski definition) is 3. The number of hydrogen-bond donors (Lipinski definition) is 1. The van der Waals surface area contributed by atoms with Crippen molar-refractivity contribution in [1.29, 1.82) is 0 Å². The Hall–Kier alpha value is -2.13. The van der Waals surface area contributed by atoms with Crippen LogP contribution in [0.1, 0.15) is 12.0 Å². The van der Waals surface area contributed by atoms with Crippen molar-refractivity contribution in [3.63, 3.8) is 0 Å². The summed E-state index contributed by atoms with van der Waals surface area (Å²) in [5.41, 5.74) is 1.35. The van der Waals surface area contributed by atoms with Crippen LogP contribution in [0, 0.1) is 0 Å². The summed E-state index contributed by atoms with van der Waals surface area (Å²) in [6, 6.07) is 18.4. The minimum atomic E-state index is 0.445. The third-order valence-electron chi connectivity index (χ3n) is 3.42. The third-order valence-corrected chi connectivity index (χ3v) is 3.70. The highest BCUT2D eigenvalue weighted by Crippen LogP contribution is 2.25. The maximum atomic E-state index is 6.07. The van der Waals surface area contributed by atoms with Crippen LogP contribution in [-0.2, 0) is 6.42 Å². The smallest absolute Gasteiger partial charge is 0.159 e. The van der Waals surface area contributed by atoms with Crippen LogP contribution in [0.15, 0.2) is 54.6 Å². The Morgan fingerprint density at radius 2 is 1.57 bits per heavy atom. The second-order valence-electron chi connectivity index (χ2n) is 4.90. The van der Waals surface area contributed by atoms with Gasteiger partial charge in [-0.3, -0.25) is 0 Å². The fourth-order valence-corrected chi connectivity index (χ4v) is 2.55. The van der Waals surface area contributed by atoms with Gasteiger partial charge < -0.3 is 5.32 Å². The summed E-state index contributed by atoms with van der Waals surface area (Å²) in [4.78, 5) is 0. The average Bonchev–Trinajstić information content (AvgIpc) is 2.55. The van der Waals surface area contributed by atoms with Gasteiger partial charge in [0.15, 0.2) is 11.0 Å². The first-order valence-corrected chi connectivity index (χ1v) is 7.41. The predicted molar refractivity (Wildman–Crippen MR) is 87.8 cm³/mol. The van der Waals surface area contributed by atoms with Crippen molar-refractivity contribution in [2.24, 2.45) is 0 Å². The molecule has 0 fully saturated rings. The van der Waals surface area contributed by atoms with Crippen LogP contribution in [0.3, 0.4) is 0 Å². The van der Waals surface area contributed by atoms with Crippen LogP contribution >= 0.6 is 11.6 Å². The number of benzene rings is 2. The van der Waals surface area contributed by atoms with Gasteiger partial charge in [-0.15, -0.1) is 10.2 Å². The zero-order valence-corrected chi connectivity index (χ0v) is 12.3. The van der Waals surface area contributed by atoms with Crippen molar-refractivity contribution in [2.45, 2.75) is 12.8 Å². The van der Waals surface area contributed by atoms with Gasteiger partial charge in [-0.1, -0.05) is 66.2 Å². The molecule has 0 atom stereocenters. The molecule has 0 saturated carbocycles. The molecule has 0 unspecified atom stereocenters. The number of nitrogens with one attached hydrogen (secondary N) is 1. The summed E-state index contributed by atoms with van der Waals surface area (Å²) >= 11 is 6.07. The fraction of sp³-hybridized carbons (Fsp3) is 0.176. The molecule has 0 aliphatic heterocycles. The lowest BCUT2D eigenvalue weighted by atomic mass is 10.1. The fourth-order valence-electron chi connectivity index (χ4n) is 2.35. The van der Waals surface area contributed by atoms with E-state index < -0.39 is 0 Å². The zero-order chi connectivity index (χ0) is 14.5. The molecule has 3 aromatic rings. The van der Waals surface area contributed by atoms with Crippen molar-refractivity contribution in [3.05, 3.63) is 65.3 Å². The van der Waals surface area contributed by atoms with Crippen molar-refractivity contribution in [1.82, 2.24) is 10.2 Å². The molecule has 0 spiro atoms. The molecule has 1 N–H and O–H groups in total. The van der Waals surface area contributed by atoms with Gasteiger partial charge >= 0.3 is 0 Å². The number of nitrogens with zero attached hydrogens (tertiary/aromatic N) is 2. The van der Waals surface area contributed by atoms with Gasteiger partial charge in [0, 0.05) is 17.3 Å². The lowest BCUT2D eigenvalue weighted by molar-refractivity contribution is 0.855. The van der Waals surface area contributed by atoms with Gasteiger partial charge in [-0.25, -0.2) is 0 Å². The van der Waals surface area contributed by atoms with Gasteiger partial charge in [-0.05, 0) is 18.4 Å². The highest BCUT2D eigenvalue weighted by atomic mass is 35.5. The molecule has 21 heavy (non-hydrogen) atoms. The summed E-state index contributed by atoms with van der Waals surface area (Å²) in [7, 11) is 0. The predicted octanol–water partition coefficient (Wildman–Crippen LogP) is 4.33. The minimum absolute atomic E-state index is 0.445. The molecule has 0 aliphatic carbocycles. The van der Waals surface area contributed by atoms with Gasteiger partial charge in [0.1, 0.15) is 0 Å². The Balaban J connectivity index is 1.65. The number of halogens is 1. The van der Waals surface area contributed by atoms with Crippen LogP contribution in [0.25, 0.3) is 10.8 Å². The minimum Gasteiger partial charge on any atom is -0.368 e. The molecule has 0 amide bonds. The van der Waals surface area contributed by atoms with E-state index in [0.29, 0.717) is 5.15 Å². The molecule has 3 rings (SSSR count). The molecular weight excluding hydrogens is 282 g/mol. The van der Waals surface area contributed by atoms with Gasteiger partial charge in [-0.2, -0.15) is 0 Å². The highest BCUT2D eigenvalue weighted by Gasteiger charge is 2.06. The Labute approximate surface area is 129 Å². The number of fused-ring (bicyclic) bond motifs is 1. The van der Waals surface area contributed by atoms with Crippen LogP contribution in [0.5, 0.6) is 0 Å². The largest absolute Gasteiger partial charge is 0.368 e. The Morgan fingerprint density at radius 1 is 0.857 bits per heavy atom. The average molecular weight is 298 g/mol. The van der Waals surface area contributed by atoms with E-state index in [2.05, 4.69) is 39.8 Å². The van der Waals surface area contributed by atoms with Crippen molar-refractivity contribution < 1.29 is 0 Å². The quantitative estimate of drug-likeness (QED) is 0.712. The molecular formula is C17H16ClN3. The van der Waals surface area contributed by atoms with Crippen LogP contribution in [0.2, 0.25) is 5.15 Å². The van der Waals surface area contributed by atoms with E-state index in [1.54, 1.807) is 0 Å². The molecule has 3 nitrogen and oxygen atoms in total. The molecule has 106 valence electrons. The van der Waals surface area contributed by atoms with E-state index in [9.17, 15) is 0 Å². The number of aromatic nitrogens is 2. The van der Waals surface area contributed by atoms with E-state index in [4.69, 9.17) is 11.6 Å². The van der Waals surface area contributed by atoms with E-state index >= 15 is 0 Å². The van der Waals surface area contributed by atoms with E-state index in [1.807, 2.05) is 30.3 Å². The summed E-state index contributed by atoms with van der Waals surface area (Å²) in [6.45, 7) is 0.856. The molecule has 0 saturated heterocycles. The van der Waals surface area contributed by atoms with Crippen LogP contribution < -0.4 is 5.32 Å². The zero-order valence-electron chi connectivity index (χ0n) is 11.6. The lowest BCUT2D eigenvalue weighted by Crippen LogP contribution is -2.06. The van der Waals surface area contributed by atoms with E-state index in [0.717, 1.165) is 36.0 Å². The monoisotopic (exact) mass is 297 g/mol. The first-order chi connectivity index (χ1) is 10.3. The first kappa shape index (κ1) is 13.8. The van der Waals surface area contributed by atoms with Crippen molar-refractivity contribution >= 4 is 28.2 Å². The highest BCUT2D eigenvalue weighted by molar-refractivity contribution is 6.34. The van der Waals surface area contributed by atoms with Gasteiger partial charge in [0.25, 0.3) is 0 Å². The Bertz CT molecular complexity index is 728. The maximum Gasteiger partial charge on any atom is 0.159 e. The molecule has 4 heteroatoms. The van der Waals surface area contributed by atoms with Crippen molar-refractivity contribution in [3.8, 4) is 0 Å². The van der Waals surface area contributed by atoms with E-state index in [1.165, 1.54) is 5.56 Å². The maximum absolute atomic E-state index is 6.07. The summed E-state index contributed by atoms with van der Waals surface area (Å²) in [5, 5.41) is 13.9. The van der Waals surface area contributed by atoms with Crippen LogP contribution in [0.4, 0.5) is 5.82 Å². The molecule has 1 heterocycles. The lowest BCUT2D eigenvalue weighted by Gasteiger charge is -2.08. The number of anilines is 1. The normalized spacial score (nSPS) is 10.7. The SMILES string of the molecule is Clc1nnc(NCCCc2ccccc2)c2ccccc12. The summed E-state index contributed by atoms with van der Waals surface area (Å²) in [5.74, 6) is 0.795. The standard InChI is InChI=1S/C17H16ClN3/c18-16-14-10-4-5-11-15(14)17(21-20-16)19-12-6-9-13-7-2-1-3-8-13/h1-5,7-8,10-11H,6,9,12H2,(H,19,21). The van der Waals surface area contributed by atoms with Crippen molar-refractivity contribution in [2.75, 3.05) is 11.9 Å². The number of rotatable bonds is 5. The first-order valence-electron chi connectivity index (χ1n) is 7.03. The Kier molecular flexibility index (Phi) is 4.31. The molecule has 0 radical (unpaired) electrons. The van der Waals surface area contributed by atoms with Gasteiger partial charge in [0.05, 0.1) is 0 Å².